The monoisotopic (exact) mass is 279 g/mol. The second-order valence-electron chi connectivity index (χ2n) is 4.53. The van der Waals surface area contributed by atoms with E-state index >= 15 is 0 Å². The lowest BCUT2D eigenvalue weighted by Gasteiger charge is -2.08. The molecule has 0 aliphatic carbocycles. The Bertz CT molecular complexity index is 906. The summed E-state index contributed by atoms with van der Waals surface area (Å²) in [4.78, 5) is 34.7. The Kier molecular flexibility index (Phi) is 2.95. The molecule has 0 saturated carbocycles. The third-order valence-electron chi connectivity index (χ3n) is 3.20. The molecule has 0 atom stereocenters. The molecule has 0 spiro atoms. The molecule has 5 heteroatoms. The van der Waals surface area contributed by atoms with Crippen molar-refractivity contribution < 1.29 is 14.5 Å². The van der Waals surface area contributed by atoms with Crippen molar-refractivity contribution in [2.45, 2.75) is 0 Å². The molecule has 102 valence electrons. The average Bonchev–Trinajstić information content (AvgIpc) is 2.55. The fraction of sp³-hybridized carbons (Fsp3) is 0. The Morgan fingerprint density at radius 3 is 2.24 bits per heavy atom. The van der Waals surface area contributed by atoms with Gasteiger partial charge in [0.2, 0.25) is 5.43 Å². The summed E-state index contributed by atoms with van der Waals surface area (Å²) in [5.74, 6) is -1.05. The first-order chi connectivity index (χ1) is 10.1. The van der Waals surface area contributed by atoms with Crippen LogP contribution in [0.25, 0.3) is 5.69 Å². The van der Waals surface area contributed by atoms with Gasteiger partial charge in [-0.05, 0) is 6.07 Å². The predicted molar refractivity (Wildman–Crippen MR) is 72.2 cm³/mol. The van der Waals surface area contributed by atoms with Crippen LogP contribution in [0.1, 0.15) is 15.9 Å². The van der Waals surface area contributed by atoms with Crippen molar-refractivity contribution in [1.29, 1.82) is 0 Å². The zero-order chi connectivity index (χ0) is 15.0. The number of carbonyl (C=O) groups is 1. The Morgan fingerprint density at radius 2 is 1.57 bits per heavy atom. The van der Waals surface area contributed by atoms with E-state index in [9.17, 15) is 19.5 Å². The van der Waals surface area contributed by atoms with Crippen molar-refractivity contribution in [2.75, 3.05) is 0 Å². The Morgan fingerprint density at radius 1 is 0.905 bits per heavy atom. The lowest BCUT2D eigenvalue weighted by Crippen LogP contribution is -2.49. The predicted octanol–water partition coefficient (Wildman–Crippen LogP) is -0.136. The molecule has 0 N–H and O–H groups in total. The van der Waals surface area contributed by atoms with Crippen molar-refractivity contribution in [3.63, 3.8) is 0 Å². The van der Waals surface area contributed by atoms with Crippen LogP contribution in [0.15, 0.2) is 64.4 Å². The summed E-state index contributed by atoms with van der Waals surface area (Å²) in [5.41, 5.74) is -1.23. The zero-order valence-electron chi connectivity index (χ0n) is 10.8. The van der Waals surface area contributed by atoms with E-state index in [1.165, 1.54) is 17.0 Å². The number of hydrogen-bond acceptors (Lipinski definition) is 4. The topological polar surface area (TPSA) is 78.2 Å². The fourth-order valence-electron chi connectivity index (χ4n) is 2.10. The summed E-state index contributed by atoms with van der Waals surface area (Å²) >= 11 is 0. The van der Waals surface area contributed by atoms with E-state index in [4.69, 9.17) is 0 Å². The maximum atomic E-state index is 12.3. The molecule has 1 heterocycles. The molecule has 0 aliphatic heterocycles. The lowest BCUT2D eigenvalue weighted by molar-refractivity contribution is -0.602. The van der Waals surface area contributed by atoms with Crippen LogP contribution in [-0.2, 0) is 0 Å². The zero-order valence-corrected chi connectivity index (χ0v) is 10.8. The third-order valence-corrected chi connectivity index (χ3v) is 3.20. The summed E-state index contributed by atoms with van der Waals surface area (Å²) in [6.07, 6.45) is 2.84. The van der Waals surface area contributed by atoms with Crippen LogP contribution in [0.3, 0.4) is 0 Å². The minimum absolute atomic E-state index is 0.220. The van der Waals surface area contributed by atoms with Crippen LogP contribution in [-0.4, -0.2) is 5.78 Å². The highest BCUT2D eigenvalue weighted by Gasteiger charge is 2.23. The van der Waals surface area contributed by atoms with Gasteiger partial charge in [-0.1, -0.05) is 30.3 Å². The van der Waals surface area contributed by atoms with Crippen LogP contribution in [0, 0.1) is 0 Å². The van der Waals surface area contributed by atoms with Crippen LogP contribution >= 0.6 is 0 Å². The quantitative estimate of drug-likeness (QED) is 0.380. The molecule has 1 aromatic heterocycles. The molecule has 0 unspecified atom stereocenters. The van der Waals surface area contributed by atoms with Gasteiger partial charge in [0.25, 0.3) is 11.1 Å². The summed E-state index contributed by atoms with van der Waals surface area (Å²) < 4.78 is 1.22. The van der Waals surface area contributed by atoms with Crippen molar-refractivity contribution >= 4 is 5.78 Å². The van der Waals surface area contributed by atoms with E-state index in [0.717, 1.165) is 0 Å². The highest BCUT2D eigenvalue weighted by atomic mass is 16.3. The van der Waals surface area contributed by atoms with E-state index in [-0.39, 0.29) is 11.5 Å². The normalized spacial score (nSPS) is 10.7. The first-order valence-electron chi connectivity index (χ1n) is 6.21. The molecule has 2 aromatic carbocycles. The molecule has 0 fully saturated rings. The molecular formula is C16H9NO4. The van der Waals surface area contributed by atoms with Crippen molar-refractivity contribution in [1.82, 2.24) is 0 Å². The maximum Gasteiger partial charge on any atom is 0.296 e. The smallest absolute Gasteiger partial charge is 0.296 e. The van der Waals surface area contributed by atoms with Gasteiger partial charge in [-0.25, -0.2) is 0 Å². The van der Waals surface area contributed by atoms with Crippen molar-refractivity contribution in [3.8, 4) is 11.4 Å². The van der Waals surface area contributed by atoms with Gasteiger partial charge in [0.05, 0.1) is 5.56 Å². The second kappa shape index (κ2) is 4.79. The van der Waals surface area contributed by atoms with E-state index in [2.05, 4.69) is 0 Å². The lowest BCUT2D eigenvalue weighted by atomic mass is 10.1. The standard InChI is InChI=1S/C16H9NO4/c18-13(10-5-2-1-3-6-10)11-7-4-8-17(9-11)12-14(19)16(21)15(12)20/h1-9H. The Hall–Kier alpha value is -3.08. The van der Waals surface area contributed by atoms with Gasteiger partial charge < -0.3 is 5.11 Å². The second-order valence-corrected chi connectivity index (χ2v) is 4.53. The Balaban J connectivity index is 2.04. The van der Waals surface area contributed by atoms with Gasteiger partial charge in [0.15, 0.2) is 18.2 Å². The molecule has 21 heavy (non-hydrogen) atoms. The van der Waals surface area contributed by atoms with Crippen molar-refractivity contribution in [3.05, 3.63) is 86.4 Å². The van der Waals surface area contributed by atoms with E-state index < -0.39 is 16.6 Å². The molecule has 3 rings (SSSR count). The minimum Gasteiger partial charge on any atom is -0.865 e. The van der Waals surface area contributed by atoms with E-state index in [0.29, 0.717) is 11.1 Å². The van der Waals surface area contributed by atoms with Crippen LogP contribution in [0.4, 0.5) is 0 Å². The molecule has 0 bridgehead atoms. The van der Waals surface area contributed by atoms with Gasteiger partial charge in [-0.3, -0.25) is 14.4 Å². The summed E-state index contributed by atoms with van der Waals surface area (Å²) in [5, 5.41) is 11.4. The SMILES string of the molecule is O=C(c1ccccc1)c1ccc[n+](-c2c([O-])c(=O)c2=O)c1. The van der Waals surface area contributed by atoms with Gasteiger partial charge in [-0.2, -0.15) is 4.57 Å². The molecule has 0 saturated heterocycles. The first kappa shape index (κ1) is 12.9. The molecule has 0 aliphatic rings. The highest BCUT2D eigenvalue weighted by molar-refractivity contribution is 6.08. The molecule has 0 radical (unpaired) electrons. The number of aromatic nitrogens is 1. The maximum absolute atomic E-state index is 12.3. The number of benzene rings is 1. The number of nitrogens with zero attached hydrogens (tertiary/aromatic N) is 1. The number of hydrogen-bond donors (Lipinski definition) is 0. The van der Waals surface area contributed by atoms with Crippen LogP contribution in [0.5, 0.6) is 5.75 Å². The number of ketones is 1. The Labute approximate surface area is 119 Å². The van der Waals surface area contributed by atoms with Gasteiger partial charge in [0, 0.05) is 17.4 Å². The van der Waals surface area contributed by atoms with Gasteiger partial charge >= 0.3 is 0 Å². The van der Waals surface area contributed by atoms with Crippen LogP contribution in [0.2, 0.25) is 0 Å². The number of carbonyl (C=O) groups excluding carboxylic acids is 1. The van der Waals surface area contributed by atoms with E-state index in [1.807, 2.05) is 0 Å². The number of rotatable bonds is 3. The largest absolute Gasteiger partial charge is 0.865 e. The third kappa shape index (κ3) is 2.04. The minimum atomic E-state index is -1.02. The molecular weight excluding hydrogens is 270 g/mol. The molecule has 3 aromatic rings. The molecule has 5 nitrogen and oxygen atoms in total. The highest BCUT2D eigenvalue weighted by Crippen LogP contribution is 2.09. The average molecular weight is 279 g/mol. The van der Waals surface area contributed by atoms with Crippen molar-refractivity contribution in [2.24, 2.45) is 0 Å². The summed E-state index contributed by atoms with van der Waals surface area (Å²) in [7, 11) is 0. The summed E-state index contributed by atoms with van der Waals surface area (Å²) in [6, 6.07) is 11.8. The van der Waals surface area contributed by atoms with Gasteiger partial charge in [-0.15, -0.1) is 0 Å². The first-order valence-corrected chi connectivity index (χ1v) is 6.21. The van der Waals surface area contributed by atoms with E-state index in [1.54, 1.807) is 42.5 Å². The summed E-state index contributed by atoms with van der Waals surface area (Å²) in [6.45, 7) is 0. The fourth-order valence-corrected chi connectivity index (χ4v) is 2.10. The van der Waals surface area contributed by atoms with Crippen LogP contribution < -0.4 is 20.5 Å². The number of pyridine rings is 1. The molecule has 0 amide bonds. The van der Waals surface area contributed by atoms with Gasteiger partial charge in [0.1, 0.15) is 0 Å².